The van der Waals surface area contributed by atoms with Crippen LogP contribution in [0.5, 0.6) is 0 Å². The number of piperidine rings is 1. The number of carboxylic acids is 1. The zero-order valence-electron chi connectivity index (χ0n) is 15.9. The Morgan fingerprint density at radius 2 is 2.07 bits per heavy atom. The largest absolute Gasteiger partial charge is 0.477 e. The minimum atomic E-state index is -0.899. The van der Waals surface area contributed by atoms with Crippen LogP contribution in [0.3, 0.4) is 0 Å². The van der Waals surface area contributed by atoms with Crippen molar-refractivity contribution in [2.24, 2.45) is 7.05 Å². The Morgan fingerprint density at radius 1 is 1.28 bits per heavy atom. The highest BCUT2D eigenvalue weighted by molar-refractivity contribution is 7.14. The van der Waals surface area contributed by atoms with Gasteiger partial charge in [0.2, 0.25) is 0 Å². The summed E-state index contributed by atoms with van der Waals surface area (Å²) in [6.07, 6.45) is 5.34. The smallest absolute Gasteiger partial charge is 0.345 e. The van der Waals surface area contributed by atoms with E-state index in [-0.39, 0.29) is 5.91 Å². The minimum Gasteiger partial charge on any atom is -0.477 e. The third-order valence-electron chi connectivity index (χ3n) is 5.91. The van der Waals surface area contributed by atoms with Gasteiger partial charge in [-0.2, -0.15) is 0 Å². The van der Waals surface area contributed by atoms with Gasteiger partial charge in [0.25, 0.3) is 5.91 Å². The molecule has 0 saturated carbocycles. The lowest BCUT2D eigenvalue weighted by Gasteiger charge is -2.44. The van der Waals surface area contributed by atoms with E-state index in [4.69, 9.17) is 4.74 Å². The lowest BCUT2D eigenvalue weighted by atomic mass is 9.82. The van der Waals surface area contributed by atoms with Gasteiger partial charge in [0.1, 0.15) is 10.4 Å². The van der Waals surface area contributed by atoms with Gasteiger partial charge >= 0.3 is 5.97 Å². The third kappa shape index (κ3) is 2.84. The topological polar surface area (TPSA) is 97.6 Å². The highest BCUT2D eigenvalue weighted by atomic mass is 32.1. The molecule has 0 atom stereocenters. The van der Waals surface area contributed by atoms with Crippen LogP contribution in [0.1, 0.15) is 43.3 Å². The van der Waals surface area contributed by atoms with Crippen LogP contribution in [0.4, 0.5) is 0 Å². The minimum absolute atomic E-state index is 0.0569. The Hall–Kier alpha value is -2.78. The molecule has 5 heterocycles. The van der Waals surface area contributed by atoms with Crippen LogP contribution in [0.15, 0.2) is 24.7 Å². The van der Waals surface area contributed by atoms with Gasteiger partial charge in [-0.1, -0.05) is 0 Å². The second-order valence-electron chi connectivity index (χ2n) is 7.52. The first kappa shape index (κ1) is 18.3. The molecule has 2 aliphatic heterocycles. The van der Waals surface area contributed by atoms with Gasteiger partial charge in [0.15, 0.2) is 5.65 Å². The molecular formula is C20H20N4O4S. The van der Waals surface area contributed by atoms with Crippen molar-refractivity contribution in [3.05, 3.63) is 45.5 Å². The average Bonchev–Trinajstić information content (AvgIpc) is 3.33. The number of carbonyl (C=O) groups excluding carboxylic acids is 1. The Bertz CT molecular complexity index is 1130. The number of hydrogen-bond acceptors (Lipinski definition) is 6. The zero-order chi connectivity index (χ0) is 20.2. The van der Waals surface area contributed by atoms with Crippen LogP contribution in [0.25, 0.3) is 11.2 Å². The summed E-state index contributed by atoms with van der Waals surface area (Å²) >= 11 is 1.34. The van der Waals surface area contributed by atoms with Crippen LogP contribution in [-0.4, -0.2) is 56.1 Å². The molecule has 9 heteroatoms. The normalized spacial score (nSPS) is 18.2. The lowest BCUT2D eigenvalue weighted by Crippen LogP contribution is -2.48. The number of fused-ring (bicyclic) bond motifs is 3. The molecule has 29 heavy (non-hydrogen) atoms. The average molecular weight is 412 g/mol. The molecule has 2 aliphatic rings. The quantitative estimate of drug-likeness (QED) is 0.694. The van der Waals surface area contributed by atoms with Gasteiger partial charge < -0.3 is 19.3 Å². The molecule has 5 rings (SSSR count). The maximum absolute atomic E-state index is 13.2. The van der Waals surface area contributed by atoms with Crippen LogP contribution in [-0.2, 0) is 23.8 Å². The number of likely N-dealkylation sites (tertiary alicyclic amines) is 1. The fraction of sp³-hybridized carbons (Fsp3) is 0.400. The molecule has 0 unspecified atom stereocenters. The number of thiophene rings is 1. The number of pyridine rings is 1. The number of carboxylic acid groups (broad SMARTS) is 1. The number of nitrogens with zero attached hydrogens (tertiary/aromatic N) is 4. The molecular weight excluding hydrogens is 392 g/mol. The van der Waals surface area contributed by atoms with E-state index < -0.39 is 11.6 Å². The van der Waals surface area contributed by atoms with E-state index in [1.165, 1.54) is 11.3 Å². The molecule has 3 aromatic rings. The molecule has 3 aromatic heterocycles. The SMILES string of the molecule is Cn1cnc2c(C(=O)N3CCC4(CC3)OCCc3sc(C(=O)O)cc34)ccnc21. The fourth-order valence-corrected chi connectivity index (χ4v) is 5.45. The predicted molar refractivity (Wildman–Crippen MR) is 106 cm³/mol. The van der Waals surface area contributed by atoms with Gasteiger partial charge in [0.05, 0.1) is 24.1 Å². The maximum Gasteiger partial charge on any atom is 0.345 e. The van der Waals surface area contributed by atoms with Crippen LogP contribution in [0, 0.1) is 0 Å². The molecule has 0 aliphatic carbocycles. The first-order valence-electron chi connectivity index (χ1n) is 9.54. The fourth-order valence-electron chi connectivity index (χ4n) is 4.38. The van der Waals surface area contributed by atoms with Gasteiger partial charge in [-0.25, -0.2) is 14.8 Å². The second-order valence-corrected chi connectivity index (χ2v) is 8.66. The maximum atomic E-state index is 13.2. The van der Waals surface area contributed by atoms with Gasteiger partial charge in [-0.15, -0.1) is 11.3 Å². The van der Waals surface area contributed by atoms with Crippen LogP contribution < -0.4 is 0 Å². The first-order chi connectivity index (χ1) is 14.0. The summed E-state index contributed by atoms with van der Waals surface area (Å²) in [4.78, 5) is 36.5. The number of aryl methyl sites for hydroxylation is 1. The molecule has 0 bridgehead atoms. The molecule has 1 saturated heterocycles. The van der Waals surface area contributed by atoms with Crippen molar-refractivity contribution in [1.29, 1.82) is 0 Å². The van der Waals surface area contributed by atoms with E-state index in [9.17, 15) is 14.7 Å². The molecule has 1 N–H and O–H groups in total. The summed E-state index contributed by atoms with van der Waals surface area (Å²) in [6, 6.07) is 3.48. The van der Waals surface area contributed by atoms with E-state index in [0.717, 1.165) is 16.9 Å². The standard InChI is InChI=1S/C20H20N4O4S/c1-23-11-22-16-12(2-6-21-17(16)23)18(25)24-7-4-20(5-8-24)13-10-15(19(26)27)29-14(13)3-9-28-20/h2,6,10-11H,3-5,7-9H2,1H3,(H,26,27). The molecule has 150 valence electrons. The summed E-state index contributed by atoms with van der Waals surface area (Å²) < 4.78 is 7.98. The number of rotatable bonds is 2. The predicted octanol–water partition coefficient (Wildman–Crippen LogP) is 2.43. The summed E-state index contributed by atoms with van der Waals surface area (Å²) in [5.41, 5.74) is 2.35. The van der Waals surface area contributed by atoms with Gasteiger partial charge in [-0.3, -0.25) is 4.79 Å². The zero-order valence-corrected chi connectivity index (χ0v) is 16.7. The van der Waals surface area contributed by atoms with E-state index in [0.29, 0.717) is 54.1 Å². The van der Waals surface area contributed by atoms with E-state index in [1.54, 1.807) is 29.2 Å². The Balaban J connectivity index is 1.40. The van der Waals surface area contributed by atoms with Gasteiger partial charge in [0, 0.05) is 37.6 Å². The number of aromatic nitrogens is 3. The number of imidazole rings is 1. The molecule has 8 nitrogen and oxygen atoms in total. The summed E-state index contributed by atoms with van der Waals surface area (Å²) in [7, 11) is 1.85. The molecule has 1 spiro atoms. The van der Waals surface area contributed by atoms with E-state index in [1.807, 2.05) is 11.9 Å². The van der Waals surface area contributed by atoms with E-state index in [2.05, 4.69) is 9.97 Å². The highest BCUT2D eigenvalue weighted by Gasteiger charge is 2.43. The van der Waals surface area contributed by atoms with Crippen LogP contribution >= 0.6 is 11.3 Å². The second kappa shape index (κ2) is 6.64. The Labute approximate surface area is 170 Å². The Kier molecular flexibility index (Phi) is 4.18. The van der Waals surface area contributed by atoms with Crippen LogP contribution in [0.2, 0.25) is 0 Å². The van der Waals surface area contributed by atoms with Crippen molar-refractivity contribution >= 4 is 34.4 Å². The van der Waals surface area contributed by atoms with Crippen molar-refractivity contribution in [1.82, 2.24) is 19.4 Å². The van der Waals surface area contributed by atoms with Crippen molar-refractivity contribution < 1.29 is 19.4 Å². The molecule has 1 amide bonds. The highest BCUT2D eigenvalue weighted by Crippen LogP contribution is 2.44. The molecule has 1 fully saturated rings. The van der Waals surface area contributed by atoms with E-state index >= 15 is 0 Å². The Morgan fingerprint density at radius 3 is 2.83 bits per heavy atom. The number of aromatic carboxylic acids is 1. The van der Waals surface area contributed by atoms with Crippen molar-refractivity contribution in [2.45, 2.75) is 24.9 Å². The number of ether oxygens (including phenoxy) is 1. The first-order valence-corrected chi connectivity index (χ1v) is 10.4. The summed E-state index contributed by atoms with van der Waals surface area (Å²) in [6.45, 7) is 1.68. The number of amides is 1. The summed E-state index contributed by atoms with van der Waals surface area (Å²) in [5.74, 6) is -0.956. The van der Waals surface area contributed by atoms with Crippen molar-refractivity contribution in [3.8, 4) is 0 Å². The van der Waals surface area contributed by atoms with Crippen molar-refractivity contribution in [3.63, 3.8) is 0 Å². The number of carbonyl (C=O) groups is 2. The lowest BCUT2D eigenvalue weighted by molar-refractivity contribution is -0.0926. The number of hydrogen-bond donors (Lipinski definition) is 1. The third-order valence-corrected chi connectivity index (χ3v) is 7.09. The molecule has 0 aromatic carbocycles. The van der Waals surface area contributed by atoms with Gasteiger partial charge in [-0.05, 0) is 30.5 Å². The molecule has 0 radical (unpaired) electrons. The van der Waals surface area contributed by atoms with Crippen molar-refractivity contribution in [2.75, 3.05) is 19.7 Å². The summed E-state index contributed by atoms with van der Waals surface area (Å²) in [5, 5.41) is 9.35. The monoisotopic (exact) mass is 412 g/mol.